The monoisotopic (exact) mass is 321 g/mol. The molecule has 0 bridgehead atoms. The highest BCUT2D eigenvalue weighted by Gasteiger charge is 2.47. The van der Waals surface area contributed by atoms with Crippen molar-refractivity contribution in [2.75, 3.05) is 5.73 Å². The SMILES string of the molecule is CCCC12CCC(=O)C(CC)=C1c1cc(F)c(N)c(Cl)c1C2. The number of rotatable bonds is 3. The first-order chi connectivity index (χ1) is 10.4. The molecule has 118 valence electrons. The third-order valence-electron chi connectivity index (χ3n) is 5.22. The van der Waals surface area contributed by atoms with Crippen molar-refractivity contribution in [1.29, 1.82) is 0 Å². The maximum atomic E-state index is 14.1. The van der Waals surface area contributed by atoms with Gasteiger partial charge in [0.05, 0.1) is 10.7 Å². The highest BCUT2D eigenvalue weighted by atomic mass is 35.5. The molecule has 2 aliphatic carbocycles. The van der Waals surface area contributed by atoms with Crippen LogP contribution in [0.1, 0.15) is 57.1 Å². The highest BCUT2D eigenvalue weighted by molar-refractivity contribution is 6.34. The second-order valence-electron chi connectivity index (χ2n) is 6.45. The molecule has 0 fully saturated rings. The predicted molar refractivity (Wildman–Crippen MR) is 88.3 cm³/mol. The lowest BCUT2D eigenvalue weighted by Crippen LogP contribution is -2.28. The molecular weight excluding hydrogens is 301 g/mol. The average molecular weight is 322 g/mol. The van der Waals surface area contributed by atoms with Crippen molar-refractivity contribution < 1.29 is 9.18 Å². The first-order valence-electron chi connectivity index (χ1n) is 7.98. The molecule has 0 heterocycles. The number of hydrogen-bond donors (Lipinski definition) is 1. The number of ketones is 1. The van der Waals surface area contributed by atoms with Crippen LogP contribution in [0.5, 0.6) is 0 Å². The van der Waals surface area contributed by atoms with Crippen LogP contribution in [-0.2, 0) is 11.2 Å². The Morgan fingerprint density at radius 2 is 2.14 bits per heavy atom. The second kappa shape index (κ2) is 5.38. The number of benzene rings is 1. The Bertz CT molecular complexity index is 695. The van der Waals surface area contributed by atoms with Crippen molar-refractivity contribution in [3.63, 3.8) is 0 Å². The average Bonchev–Trinajstić information content (AvgIpc) is 2.81. The van der Waals surface area contributed by atoms with E-state index in [1.54, 1.807) is 0 Å². The Hall–Kier alpha value is -1.35. The van der Waals surface area contributed by atoms with Gasteiger partial charge >= 0.3 is 0 Å². The van der Waals surface area contributed by atoms with Gasteiger partial charge in [0.25, 0.3) is 0 Å². The number of carbonyl (C=O) groups is 1. The fourth-order valence-electron chi connectivity index (χ4n) is 4.32. The van der Waals surface area contributed by atoms with Crippen molar-refractivity contribution in [2.45, 2.75) is 52.4 Å². The van der Waals surface area contributed by atoms with E-state index in [-0.39, 0.29) is 16.9 Å². The third-order valence-corrected chi connectivity index (χ3v) is 5.65. The van der Waals surface area contributed by atoms with E-state index in [1.165, 1.54) is 6.07 Å². The number of carbonyl (C=O) groups excluding carboxylic acids is 1. The Balaban J connectivity index is 2.32. The van der Waals surface area contributed by atoms with E-state index in [1.807, 2.05) is 6.92 Å². The van der Waals surface area contributed by atoms with Gasteiger partial charge in [-0.3, -0.25) is 4.79 Å². The first-order valence-corrected chi connectivity index (χ1v) is 8.36. The van der Waals surface area contributed by atoms with Crippen LogP contribution in [0, 0.1) is 11.2 Å². The molecule has 0 saturated carbocycles. The Morgan fingerprint density at radius 3 is 2.77 bits per heavy atom. The summed E-state index contributed by atoms with van der Waals surface area (Å²) in [5.74, 6) is -0.289. The van der Waals surface area contributed by atoms with E-state index in [0.29, 0.717) is 17.9 Å². The van der Waals surface area contributed by atoms with Gasteiger partial charge in [0.2, 0.25) is 0 Å². The number of halogens is 2. The molecule has 2 aliphatic rings. The number of nitrogens with two attached hydrogens (primary N) is 1. The van der Waals surface area contributed by atoms with E-state index in [2.05, 4.69) is 6.92 Å². The molecule has 0 saturated heterocycles. The molecule has 1 unspecified atom stereocenters. The number of allylic oxidation sites excluding steroid dienone is 2. The van der Waals surface area contributed by atoms with Crippen molar-refractivity contribution >= 4 is 28.6 Å². The lowest BCUT2D eigenvalue weighted by atomic mass is 9.67. The van der Waals surface area contributed by atoms with E-state index in [0.717, 1.165) is 48.0 Å². The molecule has 0 spiro atoms. The van der Waals surface area contributed by atoms with Crippen molar-refractivity contribution in [2.24, 2.45) is 5.41 Å². The molecule has 2 nitrogen and oxygen atoms in total. The van der Waals surface area contributed by atoms with Gasteiger partial charge in [-0.1, -0.05) is 31.9 Å². The van der Waals surface area contributed by atoms with E-state index < -0.39 is 5.82 Å². The summed E-state index contributed by atoms with van der Waals surface area (Å²) in [7, 11) is 0. The van der Waals surface area contributed by atoms with Gasteiger partial charge in [-0.15, -0.1) is 0 Å². The third kappa shape index (κ3) is 2.02. The summed E-state index contributed by atoms with van der Waals surface area (Å²) < 4.78 is 14.1. The van der Waals surface area contributed by atoms with Crippen LogP contribution in [0.25, 0.3) is 5.57 Å². The molecule has 0 radical (unpaired) electrons. The largest absolute Gasteiger partial charge is 0.395 e. The molecule has 3 rings (SSSR count). The summed E-state index contributed by atoms with van der Waals surface area (Å²) in [6.45, 7) is 4.14. The molecule has 1 aromatic rings. The van der Waals surface area contributed by atoms with E-state index in [9.17, 15) is 9.18 Å². The zero-order valence-electron chi connectivity index (χ0n) is 13.1. The Morgan fingerprint density at radius 1 is 1.41 bits per heavy atom. The topological polar surface area (TPSA) is 43.1 Å². The van der Waals surface area contributed by atoms with Crippen LogP contribution < -0.4 is 5.73 Å². The summed E-state index contributed by atoms with van der Waals surface area (Å²) in [6, 6.07) is 1.48. The van der Waals surface area contributed by atoms with Crippen LogP contribution in [0.4, 0.5) is 10.1 Å². The van der Waals surface area contributed by atoms with Crippen LogP contribution in [0.3, 0.4) is 0 Å². The minimum Gasteiger partial charge on any atom is -0.395 e. The molecule has 1 atom stereocenters. The fourth-order valence-corrected chi connectivity index (χ4v) is 4.57. The second-order valence-corrected chi connectivity index (χ2v) is 6.83. The van der Waals surface area contributed by atoms with Gasteiger partial charge in [0.15, 0.2) is 5.78 Å². The maximum Gasteiger partial charge on any atom is 0.159 e. The van der Waals surface area contributed by atoms with Gasteiger partial charge in [0, 0.05) is 11.8 Å². The minimum absolute atomic E-state index is 0.0238. The standard InChI is InChI=1S/C18H21ClFNO/c1-3-6-18-7-5-14(22)10(4-2)15(18)11-8-13(20)17(21)16(19)12(11)9-18/h8H,3-7,9,21H2,1-2H3. The molecule has 0 amide bonds. The van der Waals surface area contributed by atoms with Crippen molar-refractivity contribution in [3.05, 3.63) is 33.6 Å². The van der Waals surface area contributed by atoms with E-state index >= 15 is 0 Å². The fraction of sp³-hybridized carbons (Fsp3) is 0.500. The van der Waals surface area contributed by atoms with Crippen LogP contribution in [-0.4, -0.2) is 5.78 Å². The van der Waals surface area contributed by atoms with Gasteiger partial charge < -0.3 is 5.73 Å². The number of hydrogen-bond acceptors (Lipinski definition) is 2. The lowest BCUT2D eigenvalue weighted by molar-refractivity contribution is -0.116. The highest BCUT2D eigenvalue weighted by Crippen LogP contribution is 2.58. The summed E-state index contributed by atoms with van der Waals surface area (Å²) in [5.41, 5.74) is 9.36. The lowest BCUT2D eigenvalue weighted by Gasteiger charge is -2.36. The summed E-state index contributed by atoms with van der Waals surface area (Å²) >= 11 is 6.33. The van der Waals surface area contributed by atoms with E-state index in [4.69, 9.17) is 17.3 Å². The number of Topliss-reactive ketones (excluding diaryl/α,β-unsaturated/α-hetero) is 1. The molecule has 0 aromatic heterocycles. The Labute approximate surface area is 135 Å². The Kier molecular flexibility index (Phi) is 3.80. The van der Waals surface area contributed by atoms with Crippen LogP contribution in [0.2, 0.25) is 5.02 Å². The molecule has 2 N–H and O–H groups in total. The summed E-state index contributed by atoms with van der Waals surface area (Å²) in [5, 5.41) is 0.329. The van der Waals surface area contributed by atoms with Gasteiger partial charge in [-0.2, -0.15) is 0 Å². The van der Waals surface area contributed by atoms with Crippen LogP contribution >= 0.6 is 11.6 Å². The first kappa shape index (κ1) is 15.5. The minimum atomic E-state index is -0.489. The molecule has 0 aliphatic heterocycles. The number of nitrogen functional groups attached to an aromatic ring is 1. The zero-order valence-corrected chi connectivity index (χ0v) is 13.8. The van der Waals surface area contributed by atoms with Crippen molar-refractivity contribution in [3.8, 4) is 0 Å². The molecule has 1 aromatic carbocycles. The van der Waals surface area contributed by atoms with Gasteiger partial charge in [0.1, 0.15) is 5.82 Å². The normalized spacial score (nSPS) is 23.7. The molecule has 22 heavy (non-hydrogen) atoms. The van der Waals surface area contributed by atoms with Crippen molar-refractivity contribution in [1.82, 2.24) is 0 Å². The van der Waals surface area contributed by atoms with Gasteiger partial charge in [-0.05, 0) is 54.0 Å². The number of anilines is 1. The smallest absolute Gasteiger partial charge is 0.159 e. The quantitative estimate of drug-likeness (QED) is 0.802. The maximum absolute atomic E-state index is 14.1. The molecule has 4 heteroatoms. The molecular formula is C18H21ClFNO. The van der Waals surface area contributed by atoms with Crippen LogP contribution in [0.15, 0.2) is 11.6 Å². The summed E-state index contributed by atoms with van der Waals surface area (Å²) in [4.78, 5) is 12.4. The summed E-state index contributed by atoms with van der Waals surface area (Å²) in [6.07, 6.45) is 4.87. The zero-order chi connectivity index (χ0) is 16.1. The predicted octanol–water partition coefficient (Wildman–Crippen LogP) is 4.93. The number of fused-ring (bicyclic) bond motifs is 3. The van der Waals surface area contributed by atoms with Gasteiger partial charge in [-0.25, -0.2) is 4.39 Å².